The fourth-order valence-corrected chi connectivity index (χ4v) is 4.81. The first kappa shape index (κ1) is 29.5. The summed E-state index contributed by atoms with van der Waals surface area (Å²) in [6.07, 6.45) is 2.32. The van der Waals surface area contributed by atoms with Gasteiger partial charge < -0.3 is 9.64 Å². The lowest BCUT2D eigenvalue weighted by Crippen LogP contribution is -2.46. The van der Waals surface area contributed by atoms with Gasteiger partial charge in [0, 0.05) is 42.0 Å². The van der Waals surface area contributed by atoms with Crippen molar-refractivity contribution in [3.63, 3.8) is 0 Å². The largest absolute Gasteiger partial charge is 0.497 e. The summed E-state index contributed by atoms with van der Waals surface area (Å²) in [4.78, 5) is 7.26. The molecule has 9 nitrogen and oxygen atoms in total. The highest BCUT2D eigenvalue weighted by Crippen LogP contribution is 2.44. The number of hydrogen-bond acceptors (Lipinski definition) is 8. The molecule has 0 aliphatic carbocycles. The van der Waals surface area contributed by atoms with Gasteiger partial charge in [0.15, 0.2) is 0 Å². The molecule has 0 radical (unpaired) electrons. The van der Waals surface area contributed by atoms with Crippen LogP contribution in [0.3, 0.4) is 0 Å². The number of piperazine rings is 1. The summed E-state index contributed by atoms with van der Waals surface area (Å²) < 4.78 is 71.2. The van der Waals surface area contributed by atoms with Crippen LogP contribution in [0.1, 0.15) is 17.2 Å². The Balaban J connectivity index is 0.000000368. The molecule has 0 saturated carbocycles. The van der Waals surface area contributed by atoms with Gasteiger partial charge in [-0.1, -0.05) is 11.8 Å². The van der Waals surface area contributed by atoms with E-state index < -0.39 is 20.2 Å². The van der Waals surface area contributed by atoms with E-state index in [1.165, 1.54) is 10.5 Å². The summed E-state index contributed by atoms with van der Waals surface area (Å²) in [6.45, 7) is 4.14. The molecule has 1 unspecified atom stereocenters. The Labute approximate surface area is 210 Å². The molecular formula is C22H31FN2O7S3. The van der Waals surface area contributed by atoms with Crippen molar-refractivity contribution in [3.8, 4) is 5.75 Å². The van der Waals surface area contributed by atoms with Crippen molar-refractivity contribution in [1.29, 1.82) is 0 Å². The Kier molecular flexibility index (Phi) is 10.5. The Morgan fingerprint density at radius 1 is 0.943 bits per heavy atom. The fourth-order valence-electron chi connectivity index (χ4n) is 3.71. The molecule has 0 bridgehead atoms. The highest BCUT2D eigenvalue weighted by molar-refractivity contribution is 7.99. The second-order valence-electron chi connectivity index (χ2n) is 8.28. The number of fused-ring (bicyclic) bond motifs is 2. The second kappa shape index (κ2) is 12.5. The minimum Gasteiger partial charge on any atom is -0.497 e. The molecule has 2 aliphatic rings. The van der Waals surface area contributed by atoms with Crippen molar-refractivity contribution in [2.45, 2.75) is 22.3 Å². The van der Waals surface area contributed by atoms with Gasteiger partial charge in [-0.25, -0.2) is 4.39 Å². The summed E-state index contributed by atoms with van der Waals surface area (Å²) in [5.41, 5.74) is 2.40. The normalized spacial score (nSPS) is 18.5. The summed E-state index contributed by atoms with van der Waals surface area (Å²) in [6, 6.07) is 11.7. The third kappa shape index (κ3) is 10.8. The summed E-state index contributed by atoms with van der Waals surface area (Å²) in [7, 11) is -3.47. The van der Waals surface area contributed by atoms with Gasteiger partial charge >= 0.3 is 0 Å². The average Bonchev–Trinajstić information content (AvgIpc) is 2.88. The van der Waals surface area contributed by atoms with E-state index in [0.29, 0.717) is 12.5 Å². The number of halogens is 1. The van der Waals surface area contributed by atoms with Gasteiger partial charge in [0.25, 0.3) is 20.2 Å². The van der Waals surface area contributed by atoms with Gasteiger partial charge in [-0.2, -0.15) is 16.8 Å². The van der Waals surface area contributed by atoms with E-state index in [1.54, 1.807) is 31.0 Å². The quantitative estimate of drug-likeness (QED) is 0.540. The van der Waals surface area contributed by atoms with Crippen LogP contribution in [0.4, 0.5) is 4.39 Å². The zero-order valence-electron chi connectivity index (χ0n) is 20.0. The lowest BCUT2D eigenvalue weighted by atomic mass is 9.96. The third-order valence-electron chi connectivity index (χ3n) is 5.21. The SMILES string of the molecule is COc1ccc2c(c1)CC(N1CCN(C)CC1)c1cc(F)ccc1S2.CS(=O)(=O)O.CS(=O)(=O)O. The number of ether oxygens (including phenoxy) is 1. The van der Waals surface area contributed by atoms with Gasteiger partial charge in [0.05, 0.1) is 19.6 Å². The molecule has 13 heteroatoms. The molecule has 2 heterocycles. The summed E-state index contributed by atoms with van der Waals surface area (Å²) in [5.74, 6) is 0.732. The number of methoxy groups -OCH3 is 1. The first-order valence-electron chi connectivity index (χ1n) is 10.6. The molecule has 1 saturated heterocycles. The maximum Gasteiger partial charge on any atom is 0.261 e. The van der Waals surface area contributed by atoms with Gasteiger partial charge in [-0.3, -0.25) is 14.0 Å². The van der Waals surface area contributed by atoms with E-state index >= 15 is 0 Å². The van der Waals surface area contributed by atoms with E-state index in [1.807, 2.05) is 12.1 Å². The molecule has 0 amide bonds. The average molecular weight is 551 g/mol. The number of nitrogens with zero attached hydrogens (tertiary/aromatic N) is 2. The first-order chi connectivity index (χ1) is 16.1. The van der Waals surface area contributed by atoms with E-state index in [0.717, 1.165) is 48.8 Å². The van der Waals surface area contributed by atoms with Crippen LogP contribution in [0.5, 0.6) is 5.75 Å². The maximum absolute atomic E-state index is 14.0. The minimum atomic E-state index is -3.67. The topological polar surface area (TPSA) is 124 Å². The van der Waals surface area contributed by atoms with E-state index in [4.69, 9.17) is 13.8 Å². The van der Waals surface area contributed by atoms with Crippen LogP contribution in [-0.2, 0) is 26.7 Å². The highest BCUT2D eigenvalue weighted by atomic mass is 32.2. The molecule has 4 rings (SSSR count). The Morgan fingerprint density at radius 2 is 1.49 bits per heavy atom. The minimum absolute atomic E-state index is 0.151. The molecule has 196 valence electrons. The third-order valence-corrected chi connectivity index (χ3v) is 6.42. The van der Waals surface area contributed by atoms with Crippen LogP contribution >= 0.6 is 11.8 Å². The van der Waals surface area contributed by atoms with Crippen molar-refractivity contribution < 1.29 is 35.1 Å². The highest BCUT2D eigenvalue weighted by Gasteiger charge is 2.30. The Hall–Kier alpha value is -1.74. The standard InChI is InChI=1S/C20H23FN2OS.2CH4O3S/c1-22-7-9-23(10-8-22)18-12-14-11-16(24-2)4-6-19(14)25-20-5-3-15(21)13-17(18)20;2*1-5(2,3)4/h3-6,11,13,18H,7-10,12H2,1-2H3;2*1H3,(H,2,3,4). The van der Waals surface area contributed by atoms with Gasteiger partial charge in [-0.15, -0.1) is 0 Å². The van der Waals surface area contributed by atoms with E-state index in [9.17, 15) is 21.2 Å². The number of rotatable bonds is 2. The molecule has 2 aromatic carbocycles. The molecule has 0 aromatic heterocycles. The molecule has 2 N–H and O–H groups in total. The zero-order valence-corrected chi connectivity index (χ0v) is 22.5. The summed E-state index contributed by atoms with van der Waals surface area (Å²) >= 11 is 1.74. The lowest BCUT2D eigenvalue weighted by molar-refractivity contribution is 0.109. The van der Waals surface area contributed by atoms with E-state index in [2.05, 4.69) is 29.0 Å². The van der Waals surface area contributed by atoms with Crippen molar-refractivity contribution in [2.75, 3.05) is 52.8 Å². The van der Waals surface area contributed by atoms with E-state index in [-0.39, 0.29) is 11.9 Å². The van der Waals surface area contributed by atoms with Crippen LogP contribution in [-0.4, -0.2) is 88.6 Å². The van der Waals surface area contributed by atoms with Crippen LogP contribution < -0.4 is 4.74 Å². The van der Waals surface area contributed by atoms with Gasteiger partial charge in [-0.05, 0) is 61.0 Å². The Bertz CT molecular complexity index is 1170. The predicted octanol–water partition coefficient (Wildman–Crippen LogP) is 2.84. The second-order valence-corrected chi connectivity index (χ2v) is 12.3. The number of hydrogen-bond donors (Lipinski definition) is 2. The fraction of sp³-hybridized carbons (Fsp3) is 0.455. The predicted molar refractivity (Wildman–Crippen MR) is 134 cm³/mol. The van der Waals surface area contributed by atoms with Crippen molar-refractivity contribution in [3.05, 3.63) is 53.3 Å². The van der Waals surface area contributed by atoms with Crippen LogP contribution in [0.2, 0.25) is 0 Å². The summed E-state index contributed by atoms with van der Waals surface area (Å²) in [5, 5.41) is 0. The lowest BCUT2D eigenvalue weighted by Gasteiger charge is -2.38. The molecular weight excluding hydrogens is 519 g/mol. The smallest absolute Gasteiger partial charge is 0.261 e. The molecule has 35 heavy (non-hydrogen) atoms. The van der Waals surface area contributed by atoms with Crippen molar-refractivity contribution in [1.82, 2.24) is 9.80 Å². The van der Waals surface area contributed by atoms with Crippen molar-refractivity contribution >= 4 is 32.0 Å². The Morgan fingerprint density at radius 3 is 2.03 bits per heavy atom. The number of likely N-dealkylation sites (N-methyl/N-ethyl adjacent to an activating group) is 1. The van der Waals surface area contributed by atoms with Gasteiger partial charge in [0.2, 0.25) is 0 Å². The monoisotopic (exact) mass is 550 g/mol. The maximum atomic E-state index is 14.0. The van der Waals surface area contributed by atoms with Gasteiger partial charge in [0.1, 0.15) is 11.6 Å². The first-order valence-corrected chi connectivity index (χ1v) is 15.1. The van der Waals surface area contributed by atoms with Crippen molar-refractivity contribution in [2.24, 2.45) is 0 Å². The zero-order chi connectivity index (χ0) is 26.4. The molecule has 1 fully saturated rings. The molecule has 2 aliphatic heterocycles. The molecule has 0 spiro atoms. The number of benzene rings is 2. The molecule has 2 aromatic rings. The van der Waals surface area contributed by atoms with Crippen LogP contribution in [0.25, 0.3) is 0 Å². The van der Waals surface area contributed by atoms with Crippen LogP contribution in [0, 0.1) is 5.82 Å². The molecule has 1 atom stereocenters. The van der Waals surface area contributed by atoms with Crippen LogP contribution in [0.15, 0.2) is 46.2 Å².